The Balaban J connectivity index is 1.37. The lowest BCUT2D eigenvalue weighted by Crippen LogP contribution is -2.40. The summed E-state index contributed by atoms with van der Waals surface area (Å²) >= 11 is 0. The Bertz CT molecular complexity index is 1160. The number of hydrogen-bond donors (Lipinski definition) is 0. The number of rotatable bonds is 11. The number of benzene rings is 2. The predicted molar refractivity (Wildman–Crippen MR) is 151 cm³/mol. The van der Waals surface area contributed by atoms with E-state index >= 15 is 0 Å². The molecule has 1 aromatic heterocycles. The summed E-state index contributed by atoms with van der Waals surface area (Å²) < 4.78 is 4.43. The third kappa shape index (κ3) is 6.05. The monoisotopic (exact) mass is 500 g/mol. The molecule has 0 saturated heterocycles. The van der Waals surface area contributed by atoms with Gasteiger partial charge < -0.3 is 4.90 Å². The van der Waals surface area contributed by atoms with E-state index in [9.17, 15) is 4.79 Å². The summed E-state index contributed by atoms with van der Waals surface area (Å²) in [4.78, 5) is 15.1. The van der Waals surface area contributed by atoms with Gasteiger partial charge in [0.2, 0.25) is 5.91 Å². The fraction of sp³-hybridized carbons (Fsp3) is 0.355. The van der Waals surface area contributed by atoms with Crippen LogP contribution in [0, 0.1) is 12.8 Å². The zero-order valence-electron chi connectivity index (χ0n) is 22.0. The second kappa shape index (κ2) is 12.3. The minimum absolute atomic E-state index is 0.113. The van der Waals surface area contributed by atoms with E-state index in [0.717, 1.165) is 25.8 Å². The van der Waals surface area contributed by atoms with Gasteiger partial charge in [-0.25, -0.2) is 9.13 Å². The summed E-state index contributed by atoms with van der Waals surface area (Å²) in [7, 11) is 3.40. The van der Waals surface area contributed by atoms with E-state index in [2.05, 4.69) is 121 Å². The Morgan fingerprint density at radius 3 is 2.25 bits per heavy atom. The van der Waals surface area contributed by atoms with E-state index in [1.165, 1.54) is 21.7 Å². The Morgan fingerprint density at radius 2 is 1.67 bits per heavy atom. The van der Waals surface area contributed by atoms with Gasteiger partial charge in [0.1, 0.15) is 12.4 Å². The number of imidazole rings is 1. The van der Waals surface area contributed by atoms with Crippen molar-refractivity contribution in [1.29, 1.82) is 0 Å². The number of allylic oxidation sites excluding steroid dienone is 2. The smallest absolute Gasteiger partial charge is 0.253 e. The van der Waals surface area contributed by atoms with Crippen LogP contribution in [0.25, 0.3) is 0 Å². The molecule has 0 fully saturated rings. The van der Waals surface area contributed by atoms with Gasteiger partial charge in [0.25, 0.3) is 5.82 Å². The van der Waals surface area contributed by atoms with Gasteiger partial charge in [0.15, 0.2) is 0 Å². The molecule has 188 valence electrons. The normalized spacial score (nSPS) is 15.8. The van der Waals surface area contributed by atoms with E-state index in [1.807, 2.05) is 11.9 Å². The van der Waals surface area contributed by atoms with Crippen molar-refractivity contribution in [2.45, 2.75) is 52.1 Å². The minimum Gasteiger partial charge on any atom is -0.342 e. The second-order valence-corrected chi connectivity index (χ2v) is 11.9. The number of carbonyl (C=O) groups is 1. The van der Waals surface area contributed by atoms with E-state index < -0.39 is 7.92 Å². The van der Waals surface area contributed by atoms with Crippen molar-refractivity contribution in [2.24, 2.45) is 13.0 Å². The minimum atomic E-state index is -0.650. The first kappa shape index (κ1) is 26.1. The first-order chi connectivity index (χ1) is 17.5. The number of aromatic nitrogens is 2. The standard InChI is InChI=1S/C31H39N3OP/c1-25(33(4)31(35)21-12-7-13-22-34-24-23-32(3)26(34)2)29-19-14-20-30(29)36(27-15-8-5-9-16-27)28-17-10-6-11-18-28/h5-6,8-11,14-20,23-25,29H,7,12-13,21-22H2,1-4H3/q+1/t25-,29?/m1/s1. The van der Waals surface area contributed by atoms with E-state index in [4.69, 9.17) is 0 Å². The molecule has 4 rings (SSSR count). The van der Waals surface area contributed by atoms with Gasteiger partial charge in [0, 0.05) is 32.4 Å². The molecular formula is C31H39N3OP+. The van der Waals surface area contributed by atoms with E-state index in [0.29, 0.717) is 6.42 Å². The molecule has 4 nitrogen and oxygen atoms in total. The lowest BCUT2D eigenvalue weighted by atomic mass is 10.0. The van der Waals surface area contributed by atoms with Crippen molar-refractivity contribution in [3.8, 4) is 0 Å². The number of nitrogens with zero attached hydrogens (tertiary/aromatic N) is 3. The number of hydrogen-bond acceptors (Lipinski definition) is 1. The van der Waals surface area contributed by atoms with E-state index in [1.54, 1.807) is 0 Å². The molecule has 3 aromatic rings. The number of unbranched alkanes of at least 4 members (excludes halogenated alkanes) is 2. The van der Waals surface area contributed by atoms with Crippen molar-refractivity contribution in [3.63, 3.8) is 0 Å². The molecule has 1 heterocycles. The van der Waals surface area contributed by atoms with Crippen molar-refractivity contribution in [3.05, 3.63) is 102 Å². The average molecular weight is 501 g/mol. The third-order valence-corrected chi connectivity index (χ3v) is 10.0. The maximum Gasteiger partial charge on any atom is 0.253 e. The highest BCUT2D eigenvalue weighted by Gasteiger charge is 2.32. The van der Waals surface area contributed by atoms with Crippen LogP contribution in [0.1, 0.15) is 38.4 Å². The van der Waals surface area contributed by atoms with Crippen LogP contribution in [0.3, 0.4) is 0 Å². The summed E-state index contributed by atoms with van der Waals surface area (Å²) in [5.74, 6) is 1.73. The molecule has 0 N–H and O–H groups in total. The molecule has 0 saturated carbocycles. The number of amides is 1. The molecule has 0 aliphatic heterocycles. The average Bonchev–Trinajstić information content (AvgIpc) is 3.51. The van der Waals surface area contributed by atoms with Crippen LogP contribution < -0.4 is 15.2 Å². The van der Waals surface area contributed by atoms with Gasteiger partial charge in [-0.1, -0.05) is 78.9 Å². The lowest BCUT2D eigenvalue weighted by Gasteiger charge is -2.34. The SMILES string of the molecule is Cc1n(CCCCCC(=O)N(C)[C@H](C)C2C=CC=C2P(c2ccccc2)c2ccccc2)cc[n+]1C. The fourth-order valence-electron chi connectivity index (χ4n) is 4.93. The highest BCUT2D eigenvalue weighted by molar-refractivity contribution is 7.76. The maximum absolute atomic E-state index is 13.1. The molecule has 2 atom stereocenters. The van der Waals surface area contributed by atoms with Crippen LogP contribution >= 0.6 is 7.92 Å². The molecule has 0 bridgehead atoms. The Kier molecular flexibility index (Phi) is 8.93. The van der Waals surface area contributed by atoms with Crippen LogP contribution in [0.5, 0.6) is 0 Å². The molecule has 0 spiro atoms. The van der Waals surface area contributed by atoms with Crippen LogP contribution in [-0.4, -0.2) is 28.5 Å². The van der Waals surface area contributed by atoms with Crippen LogP contribution in [-0.2, 0) is 18.4 Å². The molecule has 1 aliphatic carbocycles. The highest BCUT2D eigenvalue weighted by atomic mass is 31.1. The predicted octanol–water partition coefficient (Wildman–Crippen LogP) is 5.23. The molecule has 36 heavy (non-hydrogen) atoms. The van der Waals surface area contributed by atoms with Crippen LogP contribution in [0.15, 0.2) is 96.6 Å². The van der Waals surface area contributed by atoms with Crippen molar-refractivity contribution in [2.75, 3.05) is 7.05 Å². The topological polar surface area (TPSA) is 29.1 Å². The van der Waals surface area contributed by atoms with Crippen molar-refractivity contribution >= 4 is 24.4 Å². The van der Waals surface area contributed by atoms with Gasteiger partial charge in [0.05, 0.1) is 13.6 Å². The molecule has 0 radical (unpaired) electrons. The molecule has 2 aromatic carbocycles. The first-order valence-electron chi connectivity index (χ1n) is 13.0. The van der Waals surface area contributed by atoms with Crippen molar-refractivity contribution < 1.29 is 9.36 Å². The Morgan fingerprint density at radius 1 is 1.03 bits per heavy atom. The van der Waals surface area contributed by atoms with Gasteiger partial charge in [-0.2, -0.15) is 0 Å². The third-order valence-electron chi connectivity index (χ3n) is 7.42. The summed E-state index contributed by atoms with van der Waals surface area (Å²) in [6.07, 6.45) is 14.7. The second-order valence-electron chi connectivity index (χ2n) is 9.71. The summed E-state index contributed by atoms with van der Waals surface area (Å²) in [5.41, 5.74) is 0. The first-order valence-corrected chi connectivity index (χ1v) is 14.4. The van der Waals surface area contributed by atoms with Crippen LogP contribution in [0.2, 0.25) is 0 Å². The van der Waals surface area contributed by atoms with Crippen LogP contribution in [0.4, 0.5) is 0 Å². The summed E-state index contributed by atoms with van der Waals surface area (Å²) in [5, 5.41) is 4.13. The zero-order chi connectivity index (χ0) is 25.5. The Hall–Kier alpha value is -2.97. The largest absolute Gasteiger partial charge is 0.342 e. The molecule has 1 aliphatic rings. The number of aryl methyl sites for hydroxylation is 2. The summed E-state index contributed by atoms with van der Waals surface area (Å²) in [6, 6.07) is 21.7. The molecule has 1 amide bonds. The lowest BCUT2D eigenvalue weighted by molar-refractivity contribution is -0.677. The highest BCUT2D eigenvalue weighted by Crippen LogP contribution is 2.50. The molecule has 5 heteroatoms. The maximum atomic E-state index is 13.1. The van der Waals surface area contributed by atoms with E-state index in [-0.39, 0.29) is 17.9 Å². The molecular weight excluding hydrogens is 461 g/mol. The fourth-order valence-corrected chi connectivity index (χ4v) is 7.60. The van der Waals surface area contributed by atoms with Crippen molar-refractivity contribution in [1.82, 2.24) is 9.47 Å². The van der Waals surface area contributed by atoms with Gasteiger partial charge in [-0.3, -0.25) is 4.79 Å². The van der Waals surface area contributed by atoms with Gasteiger partial charge in [-0.05, 0) is 50.0 Å². The quantitative estimate of drug-likeness (QED) is 0.201. The molecule has 1 unspecified atom stereocenters. The Labute approximate surface area is 217 Å². The van der Waals surface area contributed by atoms with Gasteiger partial charge >= 0.3 is 0 Å². The number of carbonyl (C=O) groups excluding carboxylic acids is 1. The summed E-state index contributed by atoms with van der Waals surface area (Å²) in [6.45, 7) is 5.35. The van der Waals surface area contributed by atoms with Gasteiger partial charge in [-0.15, -0.1) is 0 Å². The zero-order valence-corrected chi connectivity index (χ0v) is 22.9.